The van der Waals surface area contributed by atoms with E-state index >= 15 is 0 Å². The van der Waals surface area contributed by atoms with Crippen LogP contribution in [0, 0.1) is 0 Å². The molecule has 0 saturated heterocycles. The largest absolute Gasteiger partial charge is 0.495 e. The molecule has 1 N–H and O–H groups in total. The van der Waals surface area contributed by atoms with E-state index in [0.29, 0.717) is 40.8 Å². The second-order valence-electron chi connectivity index (χ2n) is 6.23. The molecule has 10 heteroatoms. The van der Waals surface area contributed by atoms with Crippen LogP contribution in [0.1, 0.15) is 24.2 Å². The Bertz CT molecular complexity index is 1110. The summed E-state index contributed by atoms with van der Waals surface area (Å²) in [6, 6.07) is 9.38. The molecule has 1 aromatic heterocycles. The molecule has 0 atom stereocenters. The number of amides is 1. The van der Waals surface area contributed by atoms with Crippen molar-refractivity contribution in [1.82, 2.24) is 9.29 Å². The van der Waals surface area contributed by atoms with Crippen LogP contribution >= 0.6 is 11.3 Å². The number of ether oxygens (including phenoxy) is 2. The standard InChI is InChI=1S/C20H23N3O5S2/c1-5-23(6-2)30(25,26)14-9-7-13(8-10-14)19(24)22-20-21-17-15(27-3)11-12-16(28-4)18(17)29-20/h7-12H,5-6H2,1-4H3,(H,21,22,24). The fraction of sp³-hybridized carbons (Fsp3) is 0.300. The molecule has 30 heavy (non-hydrogen) atoms. The molecule has 0 bridgehead atoms. The Kier molecular flexibility index (Phi) is 6.59. The van der Waals surface area contributed by atoms with Crippen molar-refractivity contribution in [1.29, 1.82) is 0 Å². The maximum absolute atomic E-state index is 12.6. The van der Waals surface area contributed by atoms with Gasteiger partial charge >= 0.3 is 0 Å². The van der Waals surface area contributed by atoms with Gasteiger partial charge in [-0.05, 0) is 36.4 Å². The molecule has 0 unspecified atom stereocenters. The molecular formula is C20H23N3O5S2. The molecule has 8 nitrogen and oxygen atoms in total. The van der Waals surface area contributed by atoms with Crippen LogP contribution in [0.2, 0.25) is 0 Å². The molecule has 0 saturated carbocycles. The van der Waals surface area contributed by atoms with Gasteiger partial charge in [-0.15, -0.1) is 0 Å². The molecule has 160 valence electrons. The summed E-state index contributed by atoms with van der Waals surface area (Å²) in [6.07, 6.45) is 0. The van der Waals surface area contributed by atoms with Gasteiger partial charge in [-0.25, -0.2) is 13.4 Å². The molecule has 0 aliphatic carbocycles. The summed E-state index contributed by atoms with van der Waals surface area (Å²) in [5, 5.41) is 3.14. The Morgan fingerprint density at radius 2 is 1.63 bits per heavy atom. The van der Waals surface area contributed by atoms with Gasteiger partial charge in [0.15, 0.2) is 5.13 Å². The second kappa shape index (κ2) is 8.99. The summed E-state index contributed by atoms with van der Waals surface area (Å²) in [4.78, 5) is 17.2. The highest BCUT2D eigenvalue weighted by Crippen LogP contribution is 2.38. The summed E-state index contributed by atoms with van der Waals surface area (Å²) in [5.74, 6) is 0.821. The molecule has 3 aromatic rings. The SMILES string of the molecule is CCN(CC)S(=O)(=O)c1ccc(C(=O)Nc2nc3c(OC)ccc(OC)c3s2)cc1. The molecule has 2 aromatic carbocycles. The number of nitrogens with one attached hydrogen (secondary N) is 1. The monoisotopic (exact) mass is 449 g/mol. The minimum atomic E-state index is -3.57. The lowest BCUT2D eigenvalue weighted by Crippen LogP contribution is -2.30. The van der Waals surface area contributed by atoms with E-state index in [-0.39, 0.29) is 4.90 Å². The molecule has 3 rings (SSSR count). The number of anilines is 1. The van der Waals surface area contributed by atoms with Crippen LogP contribution in [0.15, 0.2) is 41.3 Å². The number of carbonyl (C=O) groups is 1. The molecule has 1 heterocycles. The van der Waals surface area contributed by atoms with Gasteiger partial charge in [0.05, 0.1) is 19.1 Å². The van der Waals surface area contributed by atoms with Crippen LogP contribution in [0.25, 0.3) is 10.2 Å². The molecule has 0 aliphatic rings. The highest BCUT2D eigenvalue weighted by molar-refractivity contribution is 7.89. The first-order chi connectivity index (χ1) is 14.3. The van der Waals surface area contributed by atoms with Crippen molar-refractivity contribution in [3.05, 3.63) is 42.0 Å². The number of methoxy groups -OCH3 is 2. The molecular weight excluding hydrogens is 426 g/mol. The van der Waals surface area contributed by atoms with Crippen LogP contribution in [0.4, 0.5) is 5.13 Å². The highest BCUT2D eigenvalue weighted by atomic mass is 32.2. The average Bonchev–Trinajstić information content (AvgIpc) is 3.17. The Morgan fingerprint density at radius 3 is 2.20 bits per heavy atom. The van der Waals surface area contributed by atoms with Gasteiger partial charge in [0.1, 0.15) is 21.7 Å². The first kappa shape index (κ1) is 22.0. The van der Waals surface area contributed by atoms with Gasteiger partial charge in [-0.1, -0.05) is 25.2 Å². The first-order valence-electron chi connectivity index (χ1n) is 9.28. The zero-order valence-corrected chi connectivity index (χ0v) is 18.8. The van der Waals surface area contributed by atoms with Gasteiger partial charge in [0.25, 0.3) is 5.91 Å². The molecule has 0 fully saturated rings. The van der Waals surface area contributed by atoms with Crippen LogP contribution in [-0.4, -0.2) is 50.9 Å². The summed E-state index contributed by atoms with van der Waals surface area (Å²) >= 11 is 1.27. The molecule has 0 spiro atoms. The van der Waals surface area contributed by atoms with E-state index < -0.39 is 15.9 Å². The van der Waals surface area contributed by atoms with Crippen molar-refractivity contribution in [3.8, 4) is 11.5 Å². The third-order valence-electron chi connectivity index (χ3n) is 4.59. The van der Waals surface area contributed by atoms with Crippen molar-refractivity contribution < 1.29 is 22.7 Å². The normalized spacial score (nSPS) is 11.6. The number of hydrogen-bond acceptors (Lipinski definition) is 7. The van der Waals surface area contributed by atoms with Crippen molar-refractivity contribution in [3.63, 3.8) is 0 Å². The topological polar surface area (TPSA) is 97.8 Å². The number of rotatable bonds is 8. The number of benzene rings is 2. The van der Waals surface area contributed by atoms with Gasteiger partial charge in [-0.2, -0.15) is 4.31 Å². The number of fused-ring (bicyclic) bond motifs is 1. The number of hydrogen-bond donors (Lipinski definition) is 1. The van der Waals surface area contributed by atoms with Crippen LogP contribution in [0.3, 0.4) is 0 Å². The Hall–Kier alpha value is -2.69. The Balaban J connectivity index is 1.85. The zero-order chi connectivity index (χ0) is 21.9. The van der Waals surface area contributed by atoms with Crippen LogP contribution < -0.4 is 14.8 Å². The lowest BCUT2D eigenvalue weighted by molar-refractivity contribution is 0.102. The minimum absolute atomic E-state index is 0.150. The number of sulfonamides is 1. The molecule has 0 radical (unpaired) electrons. The van der Waals surface area contributed by atoms with E-state index in [1.807, 2.05) is 0 Å². The lowest BCUT2D eigenvalue weighted by Gasteiger charge is -2.18. The first-order valence-corrected chi connectivity index (χ1v) is 11.5. The molecule has 0 aliphatic heterocycles. The van der Waals surface area contributed by atoms with E-state index in [1.54, 1.807) is 40.2 Å². The second-order valence-corrected chi connectivity index (χ2v) is 9.17. The third kappa shape index (κ3) is 4.11. The summed E-state index contributed by atoms with van der Waals surface area (Å²) in [5.41, 5.74) is 0.921. The predicted octanol–water partition coefficient (Wildman–Crippen LogP) is 3.60. The predicted molar refractivity (Wildman–Crippen MR) is 117 cm³/mol. The van der Waals surface area contributed by atoms with Crippen molar-refractivity contribution in [2.24, 2.45) is 0 Å². The van der Waals surface area contributed by atoms with E-state index in [0.717, 1.165) is 4.70 Å². The van der Waals surface area contributed by atoms with E-state index in [1.165, 1.54) is 39.9 Å². The van der Waals surface area contributed by atoms with E-state index in [9.17, 15) is 13.2 Å². The smallest absolute Gasteiger partial charge is 0.257 e. The van der Waals surface area contributed by atoms with Crippen molar-refractivity contribution in [2.75, 3.05) is 32.6 Å². The zero-order valence-electron chi connectivity index (χ0n) is 17.1. The van der Waals surface area contributed by atoms with E-state index in [4.69, 9.17) is 9.47 Å². The fourth-order valence-corrected chi connectivity index (χ4v) is 5.43. The number of thiazole rings is 1. The van der Waals surface area contributed by atoms with Gasteiger partial charge in [0.2, 0.25) is 10.0 Å². The quantitative estimate of drug-likeness (QED) is 0.564. The summed E-state index contributed by atoms with van der Waals surface area (Å²) in [7, 11) is -0.461. The highest BCUT2D eigenvalue weighted by Gasteiger charge is 2.22. The van der Waals surface area contributed by atoms with Gasteiger partial charge in [-0.3, -0.25) is 10.1 Å². The van der Waals surface area contributed by atoms with Crippen molar-refractivity contribution >= 4 is 42.6 Å². The number of carbonyl (C=O) groups excluding carboxylic acids is 1. The summed E-state index contributed by atoms with van der Waals surface area (Å²) < 4.78 is 38.0. The maximum atomic E-state index is 12.6. The minimum Gasteiger partial charge on any atom is -0.495 e. The Labute approximate surface area is 179 Å². The number of aromatic nitrogens is 1. The lowest BCUT2D eigenvalue weighted by atomic mass is 10.2. The third-order valence-corrected chi connectivity index (χ3v) is 7.64. The number of nitrogens with zero attached hydrogens (tertiary/aromatic N) is 2. The maximum Gasteiger partial charge on any atom is 0.257 e. The van der Waals surface area contributed by atoms with Gasteiger partial charge < -0.3 is 9.47 Å². The Morgan fingerprint density at radius 1 is 1.03 bits per heavy atom. The van der Waals surface area contributed by atoms with Crippen molar-refractivity contribution in [2.45, 2.75) is 18.7 Å². The fourth-order valence-electron chi connectivity index (χ4n) is 3.00. The van der Waals surface area contributed by atoms with Gasteiger partial charge in [0, 0.05) is 18.7 Å². The van der Waals surface area contributed by atoms with E-state index in [2.05, 4.69) is 10.3 Å². The summed E-state index contributed by atoms with van der Waals surface area (Å²) in [6.45, 7) is 4.33. The average molecular weight is 450 g/mol. The van der Waals surface area contributed by atoms with Crippen LogP contribution in [-0.2, 0) is 10.0 Å². The molecule has 1 amide bonds. The van der Waals surface area contributed by atoms with Crippen LogP contribution in [0.5, 0.6) is 11.5 Å².